The molecule has 3 nitrogen and oxygen atoms in total. The molecule has 1 aliphatic heterocycles. The molecule has 0 aliphatic carbocycles. The highest BCUT2D eigenvalue weighted by Crippen LogP contribution is 2.24. The van der Waals surface area contributed by atoms with Crippen molar-refractivity contribution in [2.75, 3.05) is 20.2 Å². The van der Waals surface area contributed by atoms with Crippen molar-refractivity contribution in [1.82, 2.24) is 9.88 Å². The molecule has 25 heavy (non-hydrogen) atoms. The van der Waals surface area contributed by atoms with Crippen LogP contribution >= 0.6 is 0 Å². The van der Waals surface area contributed by atoms with Gasteiger partial charge in [0.05, 0.1) is 6.20 Å². The Morgan fingerprint density at radius 1 is 1.08 bits per heavy atom. The summed E-state index contributed by atoms with van der Waals surface area (Å²) in [5.74, 6) is 0.862. The molecule has 1 fully saturated rings. The average Bonchev–Trinajstić information content (AvgIpc) is 2.65. The lowest BCUT2D eigenvalue weighted by atomic mass is 10.0. The zero-order valence-corrected chi connectivity index (χ0v) is 15.6. The van der Waals surface area contributed by atoms with E-state index in [0.717, 1.165) is 17.9 Å². The predicted octanol–water partition coefficient (Wildman–Crippen LogP) is 4.95. The Kier molecular flexibility index (Phi) is 6.46. The van der Waals surface area contributed by atoms with E-state index in [1.165, 1.54) is 56.2 Å². The lowest BCUT2D eigenvalue weighted by molar-refractivity contribution is 0.0768. The summed E-state index contributed by atoms with van der Waals surface area (Å²) in [5.41, 5.74) is 3.75. The standard InChI is InChI=1S/C22H30N2O/c1-3-4-5-6-7-18-8-10-19(11-9-18)20-14-22(16-23-15-20)25-17-21-12-13-24(21)2/h8-11,14-16,21H,3-7,12-13,17H2,1-2H3/t21-/m0/s1. The quantitative estimate of drug-likeness (QED) is 0.605. The van der Waals surface area contributed by atoms with E-state index < -0.39 is 0 Å². The first-order valence-electron chi connectivity index (χ1n) is 9.63. The number of likely N-dealkylation sites (N-methyl/N-ethyl adjacent to an activating group) is 1. The number of pyridine rings is 1. The zero-order chi connectivity index (χ0) is 17.5. The molecule has 1 saturated heterocycles. The Morgan fingerprint density at radius 3 is 2.60 bits per heavy atom. The van der Waals surface area contributed by atoms with Crippen LogP contribution in [-0.4, -0.2) is 36.1 Å². The molecule has 2 heterocycles. The first-order chi connectivity index (χ1) is 12.3. The number of hydrogen-bond acceptors (Lipinski definition) is 3. The highest BCUT2D eigenvalue weighted by atomic mass is 16.5. The van der Waals surface area contributed by atoms with E-state index in [1.54, 1.807) is 0 Å². The van der Waals surface area contributed by atoms with Crippen LogP contribution in [0.2, 0.25) is 0 Å². The van der Waals surface area contributed by atoms with Crippen molar-refractivity contribution in [3.05, 3.63) is 48.3 Å². The highest BCUT2D eigenvalue weighted by molar-refractivity contribution is 5.64. The first kappa shape index (κ1) is 17.9. The van der Waals surface area contributed by atoms with E-state index >= 15 is 0 Å². The van der Waals surface area contributed by atoms with Gasteiger partial charge in [0, 0.05) is 17.8 Å². The topological polar surface area (TPSA) is 25.4 Å². The zero-order valence-electron chi connectivity index (χ0n) is 15.6. The molecule has 0 unspecified atom stereocenters. The Balaban J connectivity index is 1.56. The molecule has 0 N–H and O–H groups in total. The largest absolute Gasteiger partial charge is 0.490 e. The molecule has 3 heteroatoms. The average molecular weight is 338 g/mol. The van der Waals surface area contributed by atoms with Crippen LogP contribution in [0.3, 0.4) is 0 Å². The van der Waals surface area contributed by atoms with E-state index in [0.29, 0.717) is 6.04 Å². The van der Waals surface area contributed by atoms with Gasteiger partial charge in [0.2, 0.25) is 0 Å². The van der Waals surface area contributed by atoms with E-state index in [4.69, 9.17) is 4.74 Å². The van der Waals surface area contributed by atoms with Crippen LogP contribution in [0.15, 0.2) is 42.7 Å². The third kappa shape index (κ3) is 5.05. The fourth-order valence-electron chi connectivity index (χ4n) is 3.25. The lowest BCUT2D eigenvalue weighted by Crippen LogP contribution is -2.48. The smallest absolute Gasteiger partial charge is 0.138 e. The fraction of sp³-hybridized carbons (Fsp3) is 0.500. The van der Waals surface area contributed by atoms with Crippen LogP contribution in [0.1, 0.15) is 44.6 Å². The maximum absolute atomic E-state index is 5.94. The molecule has 0 amide bonds. The van der Waals surface area contributed by atoms with Crippen LogP contribution in [0.4, 0.5) is 0 Å². The van der Waals surface area contributed by atoms with Gasteiger partial charge < -0.3 is 4.74 Å². The van der Waals surface area contributed by atoms with Gasteiger partial charge in [-0.2, -0.15) is 0 Å². The summed E-state index contributed by atoms with van der Waals surface area (Å²) in [5, 5.41) is 0. The molecule has 134 valence electrons. The van der Waals surface area contributed by atoms with Crippen LogP contribution in [-0.2, 0) is 6.42 Å². The summed E-state index contributed by atoms with van der Waals surface area (Å²) in [4.78, 5) is 6.69. The maximum Gasteiger partial charge on any atom is 0.138 e. The Bertz CT molecular complexity index is 653. The van der Waals surface area contributed by atoms with E-state index in [-0.39, 0.29) is 0 Å². The molecule has 2 aromatic rings. The van der Waals surface area contributed by atoms with Crippen molar-refractivity contribution < 1.29 is 4.74 Å². The van der Waals surface area contributed by atoms with Crippen molar-refractivity contribution >= 4 is 0 Å². The van der Waals surface area contributed by atoms with Gasteiger partial charge in [0.25, 0.3) is 0 Å². The van der Waals surface area contributed by atoms with Crippen molar-refractivity contribution in [3.63, 3.8) is 0 Å². The van der Waals surface area contributed by atoms with Crippen molar-refractivity contribution in [1.29, 1.82) is 0 Å². The fourth-order valence-corrected chi connectivity index (χ4v) is 3.25. The molecule has 1 aliphatic rings. The van der Waals surface area contributed by atoms with Crippen LogP contribution in [0, 0.1) is 0 Å². The molecule has 1 atom stereocenters. The van der Waals surface area contributed by atoms with E-state index in [9.17, 15) is 0 Å². The molecule has 0 saturated carbocycles. The summed E-state index contributed by atoms with van der Waals surface area (Å²) in [6, 6.07) is 11.6. The summed E-state index contributed by atoms with van der Waals surface area (Å²) in [6.07, 6.45) is 11.4. The Hall–Kier alpha value is -1.87. The third-order valence-corrected chi connectivity index (χ3v) is 5.20. The summed E-state index contributed by atoms with van der Waals surface area (Å²) in [6.45, 7) is 4.18. The third-order valence-electron chi connectivity index (χ3n) is 5.20. The number of rotatable bonds is 9. The van der Waals surface area contributed by atoms with Gasteiger partial charge >= 0.3 is 0 Å². The Labute approximate surface area is 152 Å². The van der Waals surface area contributed by atoms with Gasteiger partial charge in [0.1, 0.15) is 12.4 Å². The SMILES string of the molecule is CCCCCCc1ccc(-c2cncc(OC[C@@H]3CCN3C)c2)cc1. The molecule has 0 radical (unpaired) electrons. The van der Waals surface area contributed by atoms with Gasteiger partial charge in [-0.3, -0.25) is 9.88 Å². The van der Waals surface area contributed by atoms with E-state index in [2.05, 4.69) is 54.2 Å². The number of hydrogen-bond donors (Lipinski definition) is 0. The summed E-state index contributed by atoms with van der Waals surface area (Å²) >= 11 is 0. The summed E-state index contributed by atoms with van der Waals surface area (Å²) in [7, 11) is 2.15. The first-order valence-corrected chi connectivity index (χ1v) is 9.63. The van der Waals surface area contributed by atoms with E-state index in [1.807, 2.05) is 12.4 Å². The van der Waals surface area contributed by atoms with Gasteiger partial charge in [-0.15, -0.1) is 0 Å². The van der Waals surface area contributed by atoms with Crippen molar-refractivity contribution in [2.45, 2.75) is 51.5 Å². The number of nitrogens with zero attached hydrogens (tertiary/aromatic N) is 2. The van der Waals surface area contributed by atoms with Crippen LogP contribution in [0.25, 0.3) is 11.1 Å². The van der Waals surface area contributed by atoms with Crippen LogP contribution < -0.4 is 4.74 Å². The molecule has 3 rings (SSSR count). The number of aryl methyl sites for hydroxylation is 1. The molecule has 0 bridgehead atoms. The number of likely N-dealkylation sites (tertiary alicyclic amines) is 1. The van der Waals surface area contributed by atoms with Crippen LogP contribution in [0.5, 0.6) is 5.75 Å². The number of ether oxygens (including phenoxy) is 1. The van der Waals surface area contributed by atoms with Gasteiger partial charge in [0.15, 0.2) is 0 Å². The molecule has 1 aromatic heterocycles. The van der Waals surface area contributed by atoms with Crippen molar-refractivity contribution in [2.24, 2.45) is 0 Å². The lowest BCUT2D eigenvalue weighted by Gasteiger charge is -2.37. The predicted molar refractivity (Wildman–Crippen MR) is 104 cm³/mol. The number of aromatic nitrogens is 1. The normalized spacial score (nSPS) is 17.3. The molecular weight excluding hydrogens is 308 g/mol. The number of unbranched alkanes of at least 4 members (excludes halogenated alkanes) is 3. The summed E-state index contributed by atoms with van der Waals surface area (Å²) < 4.78 is 5.94. The number of benzene rings is 1. The van der Waals surface area contributed by atoms with Crippen molar-refractivity contribution in [3.8, 4) is 16.9 Å². The van der Waals surface area contributed by atoms with Gasteiger partial charge in [-0.1, -0.05) is 50.5 Å². The second-order valence-corrected chi connectivity index (χ2v) is 7.15. The second kappa shape index (κ2) is 9.00. The second-order valence-electron chi connectivity index (χ2n) is 7.15. The van der Waals surface area contributed by atoms with Gasteiger partial charge in [-0.05, 0) is 50.0 Å². The highest BCUT2D eigenvalue weighted by Gasteiger charge is 2.24. The molecular formula is C22H30N2O. The Morgan fingerprint density at radius 2 is 1.92 bits per heavy atom. The maximum atomic E-state index is 5.94. The minimum atomic E-state index is 0.552. The minimum absolute atomic E-state index is 0.552. The monoisotopic (exact) mass is 338 g/mol. The molecule has 1 aromatic carbocycles. The molecule has 0 spiro atoms. The minimum Gasteiger partial charge on any atom is -0.490 e. The van der Waals surface area contributed by atoms with Gasteiger partial charge in [-0.25, -0.2) is 0 Å².